The van der Waals surface area contributed by atoms with Crippen LogP contribution in [0.4, 0.5) is 0 Å². The maximum atomic E-state index is 6.45. The Hall–Kier alpha value is -13.3. The first kappa shape index (κ1) is 66.3. The predicted octanol–water partition coefficient (Wildman–Crippen LogP) is 27.3. The number of hydrogen-bond acceptors (Lipinski definition) is 8. The van der Waals surface area contributed by atoms with E-state index in [1.54, 1.807) is 0 Å². The van der Waals surface area contributed by atoms with Crippen molar-refractivity contribution in [2.75, 3.05) is 0 Å². The van der Waals surface area contributed by atoms with Crippen molar-refractivity contribution in [3.8, 4) is 67.4 Å². The molecule has 6 aromatic heterocycles. The molecule has 2 atom stereocenters. The molecule has 0 aliphatic heterocycles. The van der Waals surface area contributed by atoms with E-state index >= 15 is 0 Å². The fraction of sp³-hybridized carbons (Fsp3) is 0.159. The minimum Gasteiger partial charge on any atom is -0.436 e. The van der Waals surface area contributed by atoms with E-state index in [2.05, 4.69) is 240 Å². The summed E-state index contributed by atoms with van der Waals surface area (Å²) in [4.78, 5) is 28.9. The number of nitrogens with zero attached hydrogens (tertiary/aromatic N) is 6. The highest BCUT2D eigenvalue weighted by atomic mass is 16.4. The number of aromatic nitrogens is 6. The molecule has 0 amide bonds. The molecule has 0 spiro atoms. The molecule has 0 saturated heterocycles. The van der Waals surface area contributed by atoms with Crippen LogP contribution >= 0.6 is 0 Å². The molecule has 0 radical (unpaired) electrons. The smallest absolute Gasteiger partial charge is 0.228 e. The molecular weight excluding hydrogens is 1400 g/mol. The average Bonchev–Trinajstić information content (AvgIpc) is 1.49. The summed E-state index contributed by atoms with van der Waals surface area (Å²) in [7, 11) is 0. The zero-order valence-corrected chi connectivity index (χ0v) is 63.5. The van der Waals surface area contributed by atoms with E-state index in [1.807, 2.05) is 97.6 Å². The first-order valence-electron chi connectivity index (χ1n) is 41.2. The van der Waals surface area contributed by atoms with Crippen molar-refractivity contribution in [2.24, 2.45) is 35.5 Å². The van der Waals surface area contributed by atoms with Crippen LogP contribution in [0, 0.1) is 35.5 Å². The molecule has 26 rings (SSSR count). The van der Waals surface area contributed by atoms with Gasteiger partial charge in [-0.2, -0.15) is 0 Å². The summed E-state index contributed by atoms with van der Waals surface area (Å²) in [6.45, 7) is 0. The number of hydrogen-bond donors (Lipinski definition) is 0. The summed E-state index contributed by atoms with van der Waals surface area (Å²) in [5.74, 6) is 5.79. The maximum Gasteiger partial charge on any atom is 0.228 e. The number of rotatable bonds is 10. The van der Waals surface area contributed by atoms with Crippen molar-refractivity contribution in [2.45, 2.75) is 68.6 Å². The fourth-order valence-electron chi connectivity index (χ4n) is 23.3. The molecule has 115 heavy (non-hydrogen) atoms. The first-order chi connectivity index (χ1) is 56.9. The molecule has 8 nitrogen and oxygen atoms in total. The average molecular weight is 1480 g/mol. The van der Waals surface area contributed by atoms with Gasteiger partial charge in [-0.05, 0) is 257 Å². The molecular formula is C107H78N6O2. The maximum absolute atomic E-state index is 6.45. The highest BCUT2D eigenvalue weighted by Gasteiger charge is 2.59. The van der Waals surface area contributed by atoms with E-state index in [0.29, 0.717) is 29.5 Å². The second-order valence-corrected chi connectivity index (χ2v) is 33.5. The van der Waals surface area contributed by atoms with Crippen LogP contribution < -0.4 is 0 Å². The Morgan fingerprint density at radius 1 is 0.270 bits per heavy atom. The van der Waals surface area contributed by atoms with E-state index in [-0.39, 0.29) is 10.8 Å². The Morgan fingerprint density at radius 2 is 0.609 bits per heavy atom. The van der Waals surface area contributed by atoms with E-state index in [4.69, 9.17) is 28.8 Å². The lowest BCUT2D eigenvalue weighted by Gasteiger charge is -2.62. The number of benzene rings is 14. The lowest BCUT2D eigenvalue weighted by atomic mass is 9.42. The fourth-order valence-corrected chi connectivity index (χ4v) is 23.3. The third-order valence-electron chi connectivity index (χ3n) is 27.8. The minimum atomic E-state index is -0.0398. The van der Waals surface area contributed by atoms with Crippen LogP contribution in [0.25, 0.3) is 176 Å². The molecule has 2 unspecified atom stereocenters. The molecule has 6 aliphatic carbocycles. The predicted molar refractivity (Wildman–Crippen MR) is 469 cm³/mol. The third kappa shape index (κ3) is 10.3. The summed E-state index contributed by atoms with van der Waals surface area (Å²) in [5, 5.41) is 13.9. The topological polar surface area (TPSA) is 104 Å². The Bertz CT molecular complexity index is 6710. The van der Waals surface area contributed by atoms with Crippen LogP contribution in [0.3, 0.4) is 0 Å². The van der Waals surface area contributed by atoms with Gasteiger partial charge in [0.25, 0.3) is 0 Å². The van der Waals surface area contributed by atoms with Crippen molar-refractivity contribution in [3.63, 3.8) is 0 Å². The quantitative estimate of drug-likeness (QED) is 0.0985. The van der Waals surface area contributed by atoms with E-state index in [1.165, 1.54) is 146 Å². The van der Waals surface area contributed by atoms with Crippen molar-refractivity contribution in [1.82, 2.24) is 29.9 Å². The minimum absolute atomic E-state index is 0.0261. The second-order valence-electron chi connectivity index (χ2n) is 33.5. The van der Waals surface area contributed by atoms with Crippen molar-refractivity contribution in [3.05, 3.63) is 350 Å². The molecule has 6 fully saturated rings. The Balaban J connectivity index is 0.000000137. The van der Waals surface area contributed by atoms with Gasteiger partial charge in [0, 0.05) is 57.2 Å². The normalized spacial score (nSPS) is 19.1. The van der Waals surface area contributed by atoms with Gasteiger partial charge in [0.05, 0.1) is 33.2 Å². The first-order valence-corrected chi connectivity index (χ1v) is 41.2. The second kappa shape index (κ2) is 26.1. The van der Waals surface area contributed by atoms with Crippen LogP contribution in [0.15, 0.2) is 337 Å². The van der Waals surface area contributed by atoms with Gasteiger partial charge in [0.15, 0.2) is 11.2 Å². The standard InChI is InChI=1S/C61H42N2O2.C46H36N4/c1-5-17-47-43(13-1)55(44-14-2-6-18-48(44)57(47)59-62-51-21-9-11-23-53(51)64-59)38-26-31-40(32-27-38)61(36-37-25-30-42(61)35-37)41-33-28-39(29-34-41)56-45-15-3-7-19-49(45)58(50-20-8-4-16-46(50)56)60-63-52-22-10-12-24-54(52)65-60;1-5-32-26-40(38-7-3-19-49-44(38)42(32)47-17-1)30-9-13-34(14-10-30)46(36-22-28-21-29(24-36)25-37(46)23-28)35-15-11-31(12-16-35)41-27-33-6-2-18-48-43(33)45-39(41)8-4-20-50-45/h1-24,26-29,31-34,37,42H,25,30,35-36H2;1-20,26-29,36-37H,21-25H2. The van der Waals surface area contributed by atoms with Gasteiger partial charge in [-0.3, -0.25) is 19.9 Å². The van der Waals surface area contributed by atoms with Gasteiger partial charge >= 0.3 is 0 Å². The molecule has 548 valence electrons. The molecule has 6 aliphatic rings. The highest BCUT2D eigenvalue weighted by molar-refractivity contribution is 6.23. The van der Waals surface area contributed by atoms with Crippen LogP contribution in [-0.4, -0.2) is 29.9 Å². The summed E-state index contributed by atoms with van der Waals surface area (Å²) >= 11 is 0. The van der Waals surface area contributed by atoms with E-state index in [0.717, 1.165) is 116 Å². The van der Waals surface area contributed by atoms with Crippen molar-refractivity contribution >= 4 is 109 Å². The number of para-hydroxylation sites is 4. The molecule has 6 heterocycles. The van der Waals surface area contributed by atoms with Gasteiger partial charge in [0.1, 0.15) is 11.0 Å². The van der Waals surface area contributed by atoms with Crippen LogP contribution in [0.5, 0.6) is 0 Å². The van der Waals surface area contributed by atoms with Gasteiger partial charge < -0.3 is 8.83 Å². The monoisotopic (exact) mass is 1480 g/mol. The lowest BCUT2D eigenvalue weighted by molar-refractivity contribution is -0.0418. The summed E-state index contributed by atoms with van der Waals surface area (Å²) in [6, 6.07) is 111. The molecule has 6 saturated carbocycles. The highest BCUT2D eigenvalue weighted by Crippen LogP contribution is 2.66. The Labute approximate surface area is 665 Å². The SMILES string of the molecule is c1ccc2oc(-c3c4ccccc4c(-c4ccc(C5(c6ccc(-c7c8ccccc8c(-c8nc9ccccc9o8)c8ccccc78)cc6)CC6CCC5C6)cc4)c4ccccc34)nc2c1.c1cnc2c(c1)cc(-c1ccc(C3(c4ccc(-c5cc6cccnc6c6ncccc56)cc4)C4CC5CC(C4)CC3C5)cc1)c1cccnc12. The number of fused-ring (bicyclic) bond motifs is 14. The Kier molecular flexibility index (Phi) is 15.1. The summed E-state index contributed by atoms with van der Waals surface area (Å²) < 4.78 is 12.9. The molecule has 0 N–H and O–H groups in total. The lowest BCUT2D eigenvalue weighted by Crippen LogP contribution is -2.56. The van der Waals surface area contributed by atoms with Crippen LogP contribution in [0.2, 0.25) is 0 Å². The third-order valence-corrected chi connectivity index (χ3v) is 27.8. The zero-order valence-electron chi connectivity index (χ0n) is 63.5. The molecule has 8 heteroatoms. The zero-order chi connectivity index (χ0) is 75.5. The summed E-state index contributed by atoms with van der Waals surface area (Å²) in [5.41, 5.74) is 24.9. The van der Waals surface area contributed by atoms with E-state index < -0.39 is 0 Å². The largest absolute Gasteiger partial charge is 0.436 e. The van der Waals surface area contributed by atoms with Gasteiger partial charge in [-0.1, -0.05) is 249 Å². The summed E-state index contributed by atoms with van der Waals surface area (Å²) in [6.07, 6.45) is 19.4. The van der Waals surface area contributed by atoms with Crippen molar-refractivity contribution in [1.29, 1.82) is 0 Å². The van der Waals surface area contributed by atoms with Gasteiger partial charge in [-0.25, -0.2) is 9.97 Å². The Morgan fingerprint density at radius 3 is 0.991 bits per heavy atom. The van der Waals surface area contributed by atoms with Gasteiger partial charge in [0.2, 0.25) is 11.8 Å². The molecule has 20 aromatic rings. The number of pyridine rings is 4. The molecule has 6 bridgehead atoms. The number of oxazole rings is 2. The van der Waals surface area contributed by atoms with Crippen LogP contribution in [-0.2, 0) is 10.8 Å². The molecule has 14 aromatic carbocycles. The van der Waals surface area contributed by atoms with Crippen molar-refractivity contribution < 1.29 is 8.83 Å². The van der Waals surface area contributed by atoms with Crippen LogP contribution in [0.1, 0.15) is 80.0 Å². The van der Waals surface area contributed by atoms with E-state index in [9.17, 15) is 0 Å². The van der Waals surface area contributed by atoms with Gasteiger partial charge in [-0.15, -0.1) is 0 Å².